The van der Waals surface area contributed by atoms with Gasteiger partial charge in [0.25, 0.3) is 0 Å². The number of carbonyl (C=O) groups is 1. The van der Waals surface area contributed by atoms with Crippen LogP contribution in [0.3, 0.4) is 0 Å². The topological polar surface area (TPSA) is 54.9 Å². The van der Waals surface area contributed by atoms with Crippen LogP contribution in [0, 0.1) is 13.8 Å². The van der Waals surface area contributed by atoms with Gasteiger partial charge in [0, 0.05) is 16.6 Å². The number of hydrogen-bond acceptors (Lipinski definition) is 4. The molecule has 0 fully saturated rings. The maximum absolute atomic E-state index is 12.7. The summed E-state index contributed by atoms with van der Waals surface area (Å²) in [5.41, 5.74) is 6.13. The number of aromatic nitrogens is 2. The van der Waals surface area contributed by atoms with E-state index in [9.17, 15) is 4.79 Å². The molecule has 0 saturated heterocycles. The first-order chi connectivity index (χ1) is 15.0. The average molecular weight is 428 g/mol. The summed E-state index contributed by atoms with van der Waals surface area (Å²) in [7, 11) is 0. The molecule has 156 valence electrons. The Kier molecular flexibility index (Phi) is 6.33. The van der Waals surface area contributed by atoms with Crippen LogP contribution in [0.2, 0.25) is 0 Å². The number of fused-ring (bicyclic) bond motifs is 1. The molecular weight excluding hydrogens is 402 g/mol. The lowest BCUT2D eigenvalue weighted by atomic mass is 10.1. The van der Waals surface area contributed by atoms with Gasteiger partial charge < -0.3 is 5.32 Å². The van der Waals surface area contributed by atoms with E-state index in [2.05, 4.69) is 18.3 Å². The summed E-state index contributed by atoms with van der Waals surface area (Å²) in [6.07, 6.45) is 0.889. The van der Waals surface area contributed by atoms with Crippen LogP contribution in [0.4, 0.5) is 5.69 Å². The minimum Gasteiger partial charge on any atom is -0.325 e. The lowest BCUT2D eigenvalue weighted by Gasteiger charge is -2.12. The Morgan fingerprint density at radius 3 is 2.55 bits per heavy atom. The first kappa shape index (κ1) is 21.1. The number of aryl methyl sites for hydroxylation is 3. The second-order valence-electron chi connectivity index (χ2n) is 7.54. The van der Waals surface area contributed by atoms with Gasteiger partial charge in [-0.1, -0.05) is 79.3 Å². The predicted octanol–water partition coefficient (Wildman–Crippen LogP) is 6.21. The van der Waals surface area contributed by atoms with E-state index in [1.807, 2.05) is 74.5 Å². The molecule has 0 atom stereocenters. The van der Waals surface area contributed by atoms with Crippen LogP contribution in [0.1, 0.15) is 23.6 Å². The fourth-order valence-electron chi connectivity index (χ4n) is 3.49. The number of rotatable bonds is 6. The van der Waals surface area contributed by atoms with Crippen molar-refractivity contribution < 1.29 is 4.79 Å². The van der Waals surface area contributed by atoms with Crippen LogP contribution < -0.4 is 5.32 Å². The van der Waals surface area contributed by atoms with Gasteiger partial charge in [-0.3, -0.25) is 4.79 Å². The number of thioether (sulfide) groups is 1. The number of nitrogens with one attached hydrogen (secondary N) is 1. The second-order valence-corrected chi connectivity index (χ2v) is 8.50. The molecule has 3 aromatic carbocycles. The largest absolute Gasteiger partial charge is 0.325 e. The summed E-state index contributed by atoms with van der Waals surface area (Å²) in [6.45, 7) is 6.15. The number of para-hydroxylation sites is 1. The summed E-state index contributed by atoms with van der Waals surface area (Å²) in [5, 5.41) is 4.85. The van der Waals surface area contributed by atoms with Gasteiger partial charge in [0.05, 0.1) is 11.3 Å². The Morgan fingerprint density at radius 2 is 1.77 bits per heavy atom. The Balaban J connectivity index is 1.64. The molecule has 0 spiro atoms. The van der Waals surface area contributed by atoms with Crippen LogP contribution in [0.5, 0.6) is 0 Å². The minimum atomic E-state index is -0.0432. The molecule has 0 unspecified atom stereocenters. The van der Waals surface area contributed by atoms with E-state index in [1.54, 1.807) is 0 Å². The molecule has 0 radical (unpaired) electrons. The molecule has 0 aliphatic carbocycles. The van der Waals surface area contributed by atoms with E-state index in [0.29, 0.717) is 5.82 Å². The van der Waals surface area contributed by atoms with E-state index < -0.39 is 0 Å². The maximum atomic E-state index is 12.7. The molecule has 4 nitrogen and oxygen atoms in total. The van der Waals surface area contributed by atoms with E-state index in [1.165, 1.54) is 17.3 Å². The zero-order valence-electron chi connectivity index (χ0n) is 18.0. The van der Waals surface area contributed by atoms with E-state index in [-0.39, 0.29) is 11.7 Å². The van der Waals surface area contributed by atoms with Gasteiger partial charge in [0.2, 0.25) is 5.91 Å². The third-order valence-electron chi connectivity index (χ3n) is 5.20. The van der Waals surface area contributed by atoms with Crippen LogP contribution in [0.25, 0.3) is 22.3 Å². The molecule has 1 amide bonds. The summed E-state index contributed by atoms with van der Waals surface area (Å²) in [6, 6.07) is 22.2. The molecule has 31 heavy (non-hydrogen) atoms. The third kappa shape index (κ3) is 4.78. The number of anilines is 1. The summed E-state index contributed by atoms with van der Waals surface area (Å²) < 4.78 is 0. The van der Waals surface area contributed by atoms with Crippen LogP contribution in [-0.4, -0.2) is 21.6 Å². The van der Waals surface area contributed by atoms with Gasteiger partial charge in [0.15, 0.2) is 5.82 Å². The van der Waals surface area contributed by atoms with Gasteiger partial charge in [-0.2, -0.15) is 0 Å². The normalized spacial score (nSPS) is 10.9. The molecule has 0 bridgehead atoms. The van der Waals surface area contributed by atoms with Gasteiger partial charge >= 0.3 is 0 Å². The van der Waals surface area contributed by atoms with Crippen LogP contribution in [-0.2, 0) is 11.2 Å². The molecular formula is C26H25N3OS. The lowest BCUT2D eigenvalue weighted by Crippen LogP contribution is -2.15. The van der Waals surface area contributed by atoms with E-state index in [4.69, 9.17) is 9.97 Å². The van der Waals surface area contributed by atoms with Crippen LogP contribution >= 0.6 is 11.8 Å². The van der Waals surface area contributed by atoms with Gasteiger partial charge in [-0.15, -0.1) is 0 Å². The number of nitrogens with zero attached hydrogens (tertiary/aromatic N) is 2. The standard InChI is InChI=1S/C26H25N3OS/c1-4-19-11-8-12-21-24(19)28-25(20-9-6-5-7-10-20)29-26(21)31-16-23(30)27-22-15-17(2)13-14-18(22)3/h5-15H,4,16H2,1-3H3,(H,27,30). The SMILES string of the molecule is CCc1cccc2c(SCC(=O)Nc3cc(C)ccc3C)nc(-c3ccccc3)nc12. The van der Waals surface area contributed by atoms with E-state index in [0.717, 1.165) is 44.7 Å². The first-order valence-corrected chi connectivity index (χ1v) is 11.4. The molecule has 1 heterocycles. The summed E-state index contributed by atoms with van der Waals surface area (Å²) in [5.74, 6) is 0.925. The molecule has 1 N–H and O–H groups in total. The second kappa shape index (κ2) is 9.31. The van der Waals surface area contributed by atoms with Gasteiger partial charge in [0.1, 0.15) is 5.03 Å². The molecule has 1 aromatic heterocycles. The van der Waals surface area contributed by atoms with Crippen molar-refractivity contribution in [2.75, 3.05) is 11.1 Å². The Labute approximate surface area is 187 Å². The van der Waals surface area contributed by atoms with Crippen molar-refractivity contribution in [3.05, 3.63) is 83.4 Å². The smallest absolute Gasteiger partial charge is 0.234 e. The van der Waals surface area contributed by atoms with Crippen molar-refractivity contribution in [2.24, 2.45) is 0 Å². The molecule has 4 rings (SSSR count). The van der Waals surface area contributed by atoms with Crippen molar-refractivity contribution in [1.29, 1.82) is 0 Å². The highest BCUT2D eigenvalue weighted by molar-refractivity contribution is 8.00. The van der Waals surface area contributed by atoms with Crippen molar-refractivity contribution in [3.8, 4) is 11.4 Å². The van der Waals surface area contributed by atoms with Crippen molar-refractivity contribution in [3.63, 3.8) is 0 Å². The third-order valence-corrected chi connectivity index (χ3v) is 6.19. The zero-order valence-corrected chi connectivity index (χ0v) is 18.8. The Bertz CT molecular complexity index is 1240. The summed E-state index contributed by atoms with van der Waals surface area (Å²) >= 11 is 1.45. The fraction of sp³-hybridized carbons (Fsp3) is 0.192. The van der Waals surface area contributed by atoms with Crippen molar-refractivity contribution >= 4 is 34.3 Å². The number of hydrogen-bond donors (Lipinski definition) is 1. The first-order valence-electron chi connectivity index (χ1n) is 10.4. The maximum Gasteiger partial charge on any atom is 0.234 e. The minimum absolute atomic E-state index is 0.0432. The monoisotopic (exact) mass is 427 g/mol. The molecule has 0 aliphatic heterocycles. The summed E-state index contributed by atoms with van der Waals surface area (Å²) in [4.78, 5) is 22.4. The Hall–Kier alpha value is -3.18. The highest BCUT2D eigenvalue weighted by Gasteiger charge is 2.14. The number of benzene rings is 3. The number of carbonyl (C=O) groups excluding carboxylic acids is 1. The molecule has 4 aromatic rings. The predicted molar refractivity (Wildman–Crippen MR) is 130 cm³/mol. The molecule has 0 saturated carbocycles. The highest BCUT2D eigenvalue weighted by atomic mass is 32.2. The average Bonchev–Trinajstić information content (AvgIpc) is 2.80. The van der Waals surface area contributed by atoms with Crippen molar-refractivity contribution in [1.82, 2.24) is 9.97 Å². The van der Waals surface area contributed by atoms with Gasteiger partial charge in [-0.25, -0.2) is 9.97 Å². The van der Waals surface area contributed by atoms with Crippen molar-refractivity contribution in [2.45, 2.75) is 32.2 Å². The zero-order chi connectivity index (χ0) is 21.8. The van der Waals surface area contributed by atoms with Crippen LogP contribution in [0.15, 0.2) is 71.8 Å². The Morgan fingerprint density at radius 1 is 0.968 bits per heavy atom. The lowest BCUT2D eigenvalue weighted by molar-refractivity contribution is -0.113. The highest BCUT2D eigenvalue weighted by Crippen LogP contribution is 2.30. The molecule has 5 heteroatoms. The fourth-order valence-corrected chi connectivity index (χ4v) is 4.30. The van der Waals surface area contributed by atoms with Gasteiger partial charge in [-0.05, 0) is 43.0 Å². The molecule has 0 aliphatic rings. The van der Waals surface area contributed by atoms with E-state index >= 15 is 0 Å². The quantitative estimate of drug-likeness (QED) is 0.294. The number of amides is 1.